The van der Waals surface area contributed by atoms with Gasteiger partial charge in [0.05, 0.1) is 5.92 Å². The van der Waals surface area contributed by atoms with Gasteiger partial charge in [-0.1, -0.05) is 19.0 Å². The third-order valence-corrected chi connectivity index (χ3v) is 4.25. The highest BCUT2D eigenvalue weighted by Gasteiger charge is 2.28. The average Bonchev–Trinajstić information content (AvgIpc) is 2.95. The number of rotatable bonds is 5. The molecule has 2 rings (SSSR count). The van der Waals surface area contributed by atoms with Crippen LogP contribution in [0.3, 0.4) is 0 Å². The Morgan fingerprint density at radius 1 is 1.33 bits per heavy atom. The molecule has 0 aliphatic carbocycles. The molecule has 1 aliphatic rings. The SMILES string of the molecule is CNC(=O)[C@H]1CN(C)CCN(C(=O)CCc2nc(C(C)C)no2)C1. The highest BCUT2D eigenvalue weighted by molar-refractivity contribution is 5.81. The molecule has 1 aromatic heterocycles. The summed E-state index contributed by atoms with van der Waals surface area (Å²) >= 11 is 0. The number of likely N-dealkylation sites (N-methyl/N-ethyl adjacent to an activating group) is 1. The van der Waals surface area contributed by atoms with E-state index in [-0.39, 0.29) is 23.7 Å². The molecule has 8 nitrogen and oxygen atoms in total. The molecule has 1 aromatic rings. The summed E-state index contributed by atoms with van der Waals surface area (Å²) in [5, 5.41) is 6.58. The third kappa shape index (κ3) is 4.77. The van der Waals surface area contributed by atoms with E-state index in [0.29, 0.717) is 44.2 Å². The quantitative estimate of drug-likeness (QED) is 0.829. The van der Waals surface area contributed by atoms with Gasteiger partial charge in [0.25, 0.3) is 0 Å². The highest BCUT2D eigenvalue weighted by Crippen LogP contribution is 2.13. The van der Waals surface area contributed by atoms with E-state index in [1.54, 1.807) is 11.9 Å². The van der Waals surface area contributed by atoms with Gasteiger partial charge in [0.1, 0.15) is 0 Å². The summed E-state index contributed by atoms with van der Waals surface area (Å²) < 4.78 is 5.18. The van der Waals surface area contributed by atoms with Gasteiger partial charge in [-0.2, -0.15) is 4.98 Å². The summed E-state index contributed by atoms with van der Waals surface area (Å²) in [6.07, 6.45) is 0.736. The number of carbonyl (C=O) groups is 2. The van der Waals surface area contributed by atoms with E-state index in [2.05, 4.69) is 20.4 Å². The lowest BCUT2D eigenvalue weighted by atomic mass is 10.1. The molecular weight excluding hydrogens is 310 g/mol. The van der Waals surface area contributed by atoms with Gasteiger partial charge in [0, 0.05) is 52.0 Å². The van der Waals surface area contributed by atoms with Crippen molar-refractivity contribution in [2.24, 2.45) is 5.92 Å². The zero-order valence-corrected chi connectivity index (χ0v) is 14.9. The minimum Gasteiger partial charge on any atom is -0.359 e. The Labute approximate surface area is 142 Å². The summed E-state index contributed by atoms with van der Waals surface area (Å²) in [5.74, 6) is 1.13. The van der Waals surface area contributed by atoms with E-state index < -0.39 is 0 Å². The summed E-state index contributed by atoms with van der Waals surface area (Å²) in [4.78, 5) is 32.6. The molecule has 2 amide bonds. The number of carbonyl (C=O) groups excluding carboxylic acids is 2. The molecule has 1 fully saturated rings. The Kier molecular flexibility index (Phi) is 6.30. The lowest BCUT2D eigenvalue weighted by Crippen LogP contribution is -2.41. The Morgan fingerprint density at radius 3 is 2.71 bits per heavy atom. The Morgan fingerprint density at radius 2 is 2.08 bits per heavy atom. The number of amides is 2. The van der Waals surface area contributed by atoms with Crippen LogP contribution in [0.5, 0.6) is 0 Å². The Balaban J connectivity index is 1.93. The van der Waals surface area contributed by atoms with Gasteiger partial charge < -0.3 is 19.6 Å². The molecule has 0 bridgehead atoms. The number of aryl methyl sites for hydroxylation is 1. The maximum atomic E-state index is 12.5. The van der Waals surface area contributed by atoms with Crippen LogP contribution in [0.1, 0.15) is 37.9 Å². The minimum absolute atomic E-state index is 0.0171. The molecule has 2 heterocycles. The topological polar surface area (TPSA) is 91.6 Å². The van der Waals surface area contributed by atoms with Gasteiger partial charge in [-0.3, -0.25) is 9.59 Å². The van der Waals surface area contributed by atoms with Crippen molar-refractivity contribution in [3.8, 4) is 0 Å². The fourth-order valence-corrected chi connectivity index (χ4v) is 2.75. The lowest BCUT2D eigenvalue weighted by Gasteiger charge is -2.23. The number of nitrogens with one attached hydrogen (secondary N) is 1. The van der Waals surface area contributed by atoms with Crippen LogP contribution in [0.2, 0.25) is 0 Å². The van der Waals surface area contributed by atoms with Gasteiger partial charge in [0.2, 0.25) is 17.7 Å². The van der Waals surface area contributed by atoms with Crippen molar-refractivity contribution in [2.45, 2.75) is 32.6 Å². The first-order chi connectivity index (χ1) is 11.4. The van der Waals surface area contributed by atoms with Crippen molar-refractivity contribution >= 4 is 11.8 Å². The smallest absolute Gasteiger partial charge is 0.227 e. The fourth-order valence-electron chi connectivity index (χ4n) is 2.75. The molecule has 0 unspecified atom stereocenters. The molecule has 0 saturated carbocycles. The molecule has 0 aromatic carbocycles. The van der Waals surface area contributed by atoms with Crippen molar-refractivity contribution in [2.75, 3.05) is 40.3 Å². The predicted molar refractivity (Wildman–Crippen MR) is 88.3 cm³/mol. The first kappa shape index (κ1) is 18.4. The molecule has 24 heavy (non-hydrogen) atoms. The van der Waals surface area contributed by atoms with Crippen LogP contribution in [-0.2, 0) is 16.0 Å². The van der Waals surface area contributed by atoms with Crippen LogP contribution in [0, 0.1) is 5.92 Å². The molecule has 1 N–H and O–H groups in total. The molecule has 134 valence electrons. The highest BCUT2D eigenvalue weighted by atomic mass is 16.5. The van der Waals surface area contributed by atoms with Crippen molar-refractivity contribution in [3.63, 3.8) is 0 Å². The molecule has 0 radical (unpaired) electrons. The van der Waals surface area contributed by atoms with Crippen LogP contribution in [0.4, 0.5) is 0 Å². The van der Waals surface area contributed by atoms with Gasteiger partial charge in [-0.05, 0) is 7.05 Å². The van der Waals surface area contributed by atoms with E-state index in [4.69, 9.17) is 4.52 Å². The molecule has 8 heteroatoms. The first-order valence-electron chi connectivity index (χ1n) is 8.41. The molecular formula is C16H27N5O3. The maximum Gasteiger partial charge on any atom is 0.227 e. The minimum atomic E-state index is -0.206. The maximum absolute atomic E-state index is 12.5. The Hall–Kier alpha value is -1.96. The van der Waals surface area contributed by atoms with Gasteiger partial charge in [-0.25, -0.2) is 0 Å². The molecule has 0 spiro atoms. The van der Waals surface area contributed by atoms with Crippen molar-refractivity contribution in [1.29, 1.82) is 0 Å². The van der Waals surface area contributed by atoms with Crippen LogP contribution >= 0.6 is 0 Å². The van der Waals surface area contributed by atoms with Gasteiger partial charge >= 0.3 is 0 Å². The normalized spacial score (nSPS) is 19.4. The van der Waals surface area contributed by atoms with Crippen molar-refractivity contribution in [1.82, 2.24) is 25.3 Å². The monoisotopic (exact) mass is 337 g/mol. The second-order valence-electron chi connectivity index (χ2n) is 6.61. The standard InChI is InChI=1S/C16H27N5O3/c1-11(2)15-18-13(24-19-15)5-6-14(22)21-8-7-20(4)9-12(10-21)16(23)17-3/h11-12H,5-10H2,1-4H3,(H,17,23)/t12-/m0/s1. The predicted octanol–water partition coefficient (Wildman–Crippen LogP) is 0.262. The van der Waals surface area contributed by atoms with E-state index in [1.165, 1.54) is 0 Å². The average molecular weight is 337 g/mol. The molecule has 1 aliphatic heterocycles. The number of hydrogen-bond donors (Lipinski definition) is 1. The summed E-state index contributed by atoms with van der Waals surface area (Å²) in [6.45, 7) is 6.48. The zero-order chi connectivity index (χ0) is 17.7. The van der Waals surface area contributed by atoms with E-state index in [1.807, 2.05) is 20.9 Å². The fraction of sp³-hybridized carbons (Fsp3) is 0.750. The lowest BCUT2D eigenvalue weighted by molar-refractivity contribution is -0.132. The zero-order valence-electron chi connectivity index (χ0n) is 14.9. The molecule has 1 atom stereocenters. The van der Waals surface area contributed by atoms with Crippen molar-refractivity contribution < 1.29 is 14.1 Å². The third-order valence-electron chi connectivity index (χ3n) is 4.25. The van der Waals surface area contributed by atoms with Crippen LogP contribution < -0.4 is 5.32 Å². The van der Waals surface area contributed by atoms with Gasteiger partial charge in [-0.15, -0.1) is 0 Å². The molecule has 1 saturated heterocycles. The van der Waals surface area contributed by atoms with Crippen LogP contribution in [0.25, 0.3) is 0 Å². The number of nitrogens with zero attached hydrogens (tertiary/aromatic N) is 4. The van der Waals surface area contributed by atoms with Crippen molar-refractivity contribution in [3.05, 3.63) is 11.7 Å². The summed E-state index contributed by atoms with van der Waals surface area (Å²) in [5.41, 5.74) is 0. The Bertz CT molecular complexity index is 572. The summed E-state index contributed by atoms with van der Waals surface area (Å²) in [7, 11) is 3.59. The van der Waals surface area contributed by atoms with E-state index in [0.717, 1.165) is 6.54 Å². The summed E-state index contributed by atoms with van der Waals surface area (Å²) in [6, 6.07) is 0. The first-order valence-corrected chi connectivity index (χ1v) is 8.41. The second kappa shape index (κ2) is 8.23. The number of aromatic nitrogens is 2. The van der Waals surface area contributed by atoms with E-state index >= 15 is 0 Å². The number of hydrogen-bond acceptors (Lipinski definition) is 6. The van der Waals surface area contributed by atoms with Gasteiger partial charge in [0.15, 0.2) is 5.82 Å². The van der Waals surface area contributed by atoms with Crippen LogP contribution in [-0.4, -0.2) is 72.0 Å². The van der Waals surface area contributed by atoms with Crippen LogP contribution in [0.15, 0.2) is 4.52 Å². The largest absolute Gasteiger partial charge is 0.359 e. The second-order valence-corrected chi connectivity index (χ2v) is 6.61. The van der Waals surface area contributed by atoms with E-state index in [9.17, 15) is 9.59 Å².